The molecule has 4 heteroatoms. The minimum absolute atomic E-state index is 0.208. The zero-order valence-electron chi connectivity index (χ0n) is 8.83. The molecule has 1 aromatic heterocycles. The van der Waals surface area contributed by atoms with Gasteiger partial charge in [0.25, 0.3) is 5.91 Å². The van der Waals surface area contributed by atoms with Gasteiger partial charge in [-0.15, -0.1) is 0 Å². The Morgan fingerprint density at radius 2 is 2.12 bits per heavy atom. The van der Waals surface area contributed by atoms with Crippen LogP contribution in [0.2, 0.25) is 0 Å². The number of carbonyl (C=O) groups is 1. The molecule has 0 unspecified atom stereocenters. The molecule has 17 heavy (non-hydrogen) atoms. The minimum atomic E-state index is -0.349. The zero-order valence-corrected chi connectivity index (χ0v) is 8.83. The number of amides is 1. The number of hydrogen-bond acceptors (Lipinski definition) is 1. The van der Waals surface area contributed by atoms with E-state index in [0.29, 0.717) is 16.8 Å². The molecule has 3 rings (SSSR count). The van der Waals surface area contributed by atoms with E-state index < -0.39 is 0 Å². The van der Waals surface area contributed by atoms with E-state index in [1.165, 1.54) is 12.1 Å². The van der Waals surface area contributed by atoms with Gasteiger partial charge in [-0.1, -0.05) is 0 Å². The highest BCUT2D eigenvalue weighted by molar-refractivity contribution is 6.34. The van der Waals surface area contributed by atoms with Gasteiger partial charge in [-0.2, -0.15) is 0 Å². The van der Waals surface area contributed by atoms with Crippen molar-refractivity contribution in [1.82, 2.24) is 4.98 Å². The van der Waals surface area contributed by atoms with Crippen molar-refractivity contribution in [3.63, 3.8) is 0 Å². The molecule has 0 radical (unpaired) electrons. The number of fused-ring (bicyclic) bond motifs is 1. The first kappa shape index (κ1) is 9.84. The standard InChI is InChI=1S/C13H9FN2O/c14-8-3-4-12-10(6-8)11(13(17)16-12)7-9-2-1-5-15-9/h1-7,15H,(H,16,17)/b11-7+. The second-order valence-electron chi connectivity index (χ2n) is 3.83. The van der Waals surface area contributed by atoms with E-state index in [-0.39, 0.29) is 11.7 Å². The van der Waals surface area contributed by atoms with Crippen LogP contribution in [0.1, 0.15) is 11.3 Å². The molecular weight excluding hydrogens is 219 g/mol. The predicted molar refractivity (Wildman–Crippen MR) is 63.7 cm³/mol. The Labute approximate surface area is 97.0 Å². The fourth-order valence-electron chi connectivity index (χ4n) is 1.89. The summed E-state index contributed by atoms with van der Waals surface area (Å²) in [6.07, 6.45) is 3.48. The maximum Gasteiger partial charge on any atom is 0.256 e. The number of carbonyl (C=O) groups excluding carboxylic acids is 1. The molecule has 0 bridgehead atoms. The molecule has 2 aromatic rings. The lowest BCUT2D eigenvalue weighted by atomic mass is 10.1. The summed E-state index contributed by atoms with van der Waals surface area (Å²) in [5.74, 6) is -0.558. The number of benzene rings is 1. The van der Waals surface area contributed by atoms with E-state index in [0.717, 1.165) is 5.69 Å². The average molecular weight is 228 g/mol. The Morgan fingerprint density at radius 1 is 1.24 bits per heavy atom. The summed E-state index contributed by atoms with van der Waals surface area (Å²) in [6.45, 7) is 0. The van der Waals surface area contributed by atoms with Gasteiger partial charge in [0.2, 0.25) is 0 Å². The molecule has 0 spiro atoms. The minimum Gasteiger partial charge on any atom is -0.362 e. The maximum absolute atomic E-state index is 13.2. The SMILES string of the molecule is O=C1Nc2ccc(F)cc2/C1=C\c1ccc[nH]1. The van der Waals surface area contributed by atoms with Crippen LogP contribution >= 0.6 is 0 Å². The predicted octanol–water partition coefficient (Wildman–Crippen LogP) is 2.65. The molecule has 1 aromatic carbocycles. The quantitative estimate of drug-likeness (QED) is 0.724. The monoisotopic (exact) mass is 228 g/mol. The third-order valence-electron chi connectivity index (χ3n) is 2.69. The van der Waals surface area contributed by atoms with Gasteiger partial charge in [0.15, 0.2) is 0 Å². The van der Waals surface area contributed by atoms with Crippen LogP contribution in [-0.2, 0) is 4.79 Å². The number of rotatable bonds is 1. The molecule has 1 amide bonds. The zero-order chi connectivity index (χ0) is 11.8. The first-order valence-electron chi connectivity index (χ1n) is 5.20. The van der Waals surface area contributed by atoms with Crippen LogP contribution in [0.4, 0.5) is 10.1 Å². The van der Waals surface area contributed by atoms with Crippen molar-refractivity contribution in [2.45, 2.75) is 0 Å². The largest absolute Gasteiger partial charge is 0.362 e. The molecule has 1 aliphatic heterocycles. The maximum atomic E-state index is 13.2. The number of aromatic nitrogens is 1. The van der Waals surface area contributed by atoms with Crippen LogP contribution in [-0.4, -0.2) is 10.9 Å². The molecule has 84 valence electrons. The lowest BCUT2D eigenvalue weighted by Gasteiger charge is -1.97. The summed E-state index contributed by atoms with van der Waals surface area (Å²) in [5, 5.41) is 2.70. The molecule has 0 aliphatic carbocycles. The average Bonchev–Trinajstić information content (AvgIpc) is 2.90. The number of halogens is 1. The summed E-state index contributed by atoms with van der Waals surface area (Å²) < 4.78 is 13.2. The van der Waals surface area contributed by atoms with E-state index in [4.69, 9.17) is 0 Å². The van der Waals surface area contributed by atoms with E-state index in [2.05, 4.69) is 10.3 Å². The van der Waals surface area contributed by atoms with Crippen LogP contribution in [0, 0.1) is 5.82 Å². The number of nitrogens with one attached hydrogen (secondary N) is 2. The molecule has 0 saturated heterocycles. The normalized spacial score (nSPS) is 16.1. The van der Waals surface area contributed by atoms with Crippen molar-refractivity contribution >= 4 is 23.2 Å². The van der Waals surface area contributed by atoms with E-state index in [1.807, 2.05) is 12.1 Å². The smallest absolute Gasteiger partial charge is 0.256 e. The van der Waals surface area contributed by atoms with Crippen molar-refractivity contribution in [1.29, 1.82) is 0 Å². The molecular formula is C13H9FN2O. The first-order valence-corrected chi connectivity index (χ1v) is 5.20. The summed E-state index contributed by atoms with van der Waals surface area (Å²) in [5.41, 5.74) is 2.54. The van der Waals surface area contributed by atoms with Crippen LogP contribution in [0.5, 0.6) is 0 Å². The van der Waals surface area contributed by atoms with Gasteiger partial charge < -0.3 is 10.3 Å². The Morgan fingerprint density at radius 3 is 2.88 bits per heavy atom. The molecule has 0 atom stereocenters. The molecule has 0 fully saturated rings. The number of anilines is 1. The second kappa shape index (κ2) is 3.59. The Bertz CT molecular complexity index is 614. The van der Waals surface area contributed by atoms with Crippen LogP contribution < -0.4 is 5.32 Å². The van der Waals surface area contributed by atoms with Gasteiger partial charge >= 0.3 is 0 Å². The molecule has 0 saturated carbocycles. The topological polar surface area (TPSA) is 44.9 Å². The Hall–Kier alpha value is -2.36. The number of hydrogen-bond donors (Lipinski definition) is 2. The lowest BCUT2D eigenvalue weighted by Crippen LogP contribution is -2.03. The summed E-state index contributed by atoms with van der Waals surface area (Å²) in [6, 6.07) is 7.94. The summed E-state index contributed by atoms with van der Waals surface area (Å²) in [4.78, 5) is 14.7. The van der Waals surface area contributed by atoms with Crippen molar-refractivity contribution in [3.05, 3.63) is 53.6 Å². The molecule has 2 N–H and O–H groups in total. The second-order valence-corrected chi connectivity index (χ2v) is 3.83. The van der Waals surface area contributed by atoms with Crippen LogP contribution in [0.3, 0.4) is 0 Å². The van der Waals surface area contributed by atoms with Crippen molar-refractivity contribution < 1.29 is 9.18 Å². The fourth-order valence-corrected chi connectivity index (χ4v) is 1.89. The van der Waals surface area contributed by atoms with Gasteiger partial charge in [-0.05, 0) is 36.4 Å². The Kier molecular flexibility index (Phi) is 2.08. The molecule has 2 heterocycles. The Balaban J connectivity index is 2.13. The highest BCUT2D eigenvalue weighted by Crippen LogP contribution is 2.33. The molecule has 1 aliphatic rings. The summed E-state index contributed by atoms with van der Waals surface area (Å²) in [7, 11) is 0. The molecule has 3 nitrogen and oxygen atoms in total. The van der Waals surface area contributed by atoms with Gasteiger partial charge in [0, 0.05) is 23.1 Å². The van der Waals surface area contributed by atoms with Crippen LogP contribution in [0.15, 0.2) is 36.5 Å². The third kappa shape index (κ3) is 1.63. The lowest BCUT2D eigenvalue weighted by molar-refractivity contribution is -0.110. The first-order chi connectivity index (χ1) is 8.24. The van der Waals surface area contributed by atoms with Crippen molar-refractivity contribution in [2.75, 3.05) is 5.32 Å². The highest BCUT2D eigenvalue weighted by atomic mass is 19.1. The van der Waals surface area contributed by atoms with Gasteiger partial charge in [0.05, 0.1) is 5.57 Å². The highest BCUT2D eigenvalue weighted by Gasteiger charge is 2.24. The van der Waals surface area contributed by atoms with Crippen molar-refractivity contribution in [3.8, 4) is 0 Å². The van der Waals surface area contributed by atoms with Gasteiger partial charge in [-0.3, -0.25) is 4.79 Å². The van der Waals surface area contributed by atoms with Crippen molar-refractivity contribution in [2.24, 2.45) is 0 Å². The van der Waals surface area contributed by atoms with E-state index in [9.17, 15) is 9.18 Å². The third-order valence-corrected chi connectivity index (χ3v) is 2.69. The van der Waals surface area contributed by atoms with Gasteiger partial charge in [-0.25, -0.2) is 4.39 Å². The fraction of sp³-hybridized carbons (Fsp3) is 0. The van der Waals surface area contributed by atoms with Gasteiger partial charge in [0.1, 0.15) is 5.82 Å². The van der Waals surface area contributed by atoms with Crippen LogP contribution in [0.25, 0.3) is 11.6 Å². The number of aromatic amines is 1. The van der Waals surface area contributed by atoms with E-state index >= 15 is 0 Å². The number of H-pyrrole nitrogens is 1. The summed E-state index contributed by atoms with van der Waals surface area (Å²) >= 11 is 0. The van der Waals surface area contributed by atoms with E-state index in [1.54, 1.807) is 18.3 Å².